The minimum atomic E-state index is 0.0842. The van der Waals surface area contributed by atoms with Gasteiger partial charge in [0.25, 0.3) is 0 Å². The van der Waals surface area contributed by atoms with Crippen LogP contribution in [0, 0.1) is 0 Å². The largest absolute Gasteiger partial charge is 0.379 e. The van der Waals surface area contributed by atoms with Crippen molar-refractivity contribution in [2.75, 3.05) is 79.2 Å². The number of nitrogens with zero attached hydrogens (tertiary/aromatic N) is 4. The van der Waals surface area contributed by atoms with Gasteiger partial charge in [-0.3, -0.25) is 14.8 Å². The predicted octanol–water partition coefficient (Wildman–Crippen LogP) is 1.47. The summed E-state index contributed by atoms with van der Waals surface area (Å²) >= 11 is 0. The van der Waals surface area contributed by atoms with Gasteiger partial charge >= 0.3 is 0 Å². The maximum atomic E-state index is 5.48. The van der Waals surface area contributed by atoms with Crippen LogP contribution >= 0.6 is 0 Å². The lowest BCUT2D eigenvalue weighted by molar-refractivity contribution is -0.00834. The maximum Gasteiger partial charge on any atom is 0.191 e. The molecule has 2 heterocycles. The Hall–Kier alpha value is -1.67. The molecule has 2 aliphatic heterocycles. The molecule has 0 radical (unpaired) electrons. The van der Waals surface area contributed by atoms with Crippen LogP contribution in [0.15, 0.2) is 35.3 Å². The van der Waals surface area contributed by atoms with Gasteiger partial charge in [-0.2, -0.15) is 0 Å². The van der Waals surface area contributed by atoms with Gasteiger partial charge in [-0.15, -0.1) is 0 Å². The average Bonchev–Trinajstić information content (AvgIpc) is 2.81. The van der Waals surface area contributed by atoms with Crippen molar-refractivity contribution in [3.05, 3.63) is 35.9 Å². The summed E-state index contributed by atoms with van der Waals surface area (Å²) in [6.07, 6.45) is 1.13. The molecule has 2 fully saturated rings. The molecule has 7 heteroatoms. The van der Waals surface area contributed by atoms with Crippen LogP contribution < -0.4 is 10.6 Å². The minimum absolute atomic E-state index is 0.0842. The van der Waals surface area contributed by atoms with Crippen LogP contribution in [0.3, 0.4) is 0 Å². The van der Waals surface area contributed by atoms with Crippen LogP contribution in [0.4, 0.5) is 0 Å². The fourth-order valence-electron chi connectivity index (χ4n) is 4.32. The number of morpholine rings is 1. The number of ether oxygens (including phenoxy) is 1. The monoisotopic (exact) mass is 430 g/mol. The van der Waals surface area contributed by atoms with E-state index in [4.69, 9.17) is 4.74 Å². The number of hydrogen-bond donors (Lipinski definition) is 2. The topological polar surface area (TPSA) is 55.4 Å². The zero-order chi connectivity index (χ0) is 21.9. The molecular formula is C24H42N6O. The first-order valence-corrected chi connectivity index (χ1v) is 11.8. The van der Waals surface area contributed by atoms with Gasteiger partial charge in [0.15, 0.2) is 5.96 Å². The zero-order valence-electron chi connectivity index (χ0n) is 19.8. The third-order valence-corrected chi connectivity index (χ3v) is 6.44. The second-order valence-corrected chi connectivity index (χ2v) is 9.22. The number of nitrogens with one attached hydrogen (secondary N) is 2. The molecule has 1 aromatic carbocycles. The summed E-state index contributed by atoms with van der Waals surface area (Å²) in [6, 6.07) is 10.8. The van der Waals surface area contributed by atoms with E-state index in [0.717, 1.165) is 91.0 Å². The van der Waals surface area contributed by atoms with Crippen LogP contribution in [-0.4, -0.2) is 105 Å². The van der Waals surface area contributed by atoms with Gasteiger partial charge in [0.1, 0.15) is 0 Å². The van der Waals surface area contributed by atoms with E-state index in [0.29, 0.717) is 0 Å². The Morgan fingerprint density at radius 3 is 2.32 bits per heavy atom. The van der Waals surface area contributed by atoms with E-state index in [2.05, 4.69) is 74.5 Å². The first-order valence-electron chi connectivity index (χ1n) is 11.8. The summed E-state index contributed by atoms with van der Waals surface area (Å²) in [5.74, 6) is 0.897. The first kappa shape index (κ1) is 24.0. The van der Waals surface area contributed by atoms with E-state index < -0.39 is 0 Å². The molecule has 3 rings (SSSR count). The Kier molecular flexibility index (Phi) is 9.58. The number of aliphatic imine (C=N–C) groups is 1. The van der Waals surface area contributed by atoms with Crippen LogP contribution in [0.2, 0.25) is 0 Å². The van der Waals surface area contributed by atoms with E-state index in [1.807, 2.05) is 7.05 Å². The molecular weight excluding hydrogens is 388 g/mol. The highest BCUT2D eigenvalue weighted by Crippen LogP contribution is 2.15. The summed E-state index contributed by atoms with van der Waals surface area (Å²) in [6.45, 7) is 16.9. The molecule has 0 spiro atoms. The fourth-order valence-corrected chi connectivity index (χ4v) is 4.32. The Labute approximate surface area is 188 Å². The fraction of sp³-hybridized carbons (Fsp3) is 0.708. The minimum Gasteiger partial charge on any atom is -0.379 e. The molecule has 2 N–H and O–H groups in total. The number of piperazine rings is 1. The number of guanidine groups is 1. The van der Waals surface area contributed by atoms with Crippen LogP contribution in [0.25, 0.3) is 0 Å². The van der Waals surface area contributed by atoms with E-state index in [9.17, 15) is 0 Å². The van der Waals surface area contributed by atoms with Crippen molar-refractivity contribution >= 4 is 5.96 Å². The van der Waals surface area contributed by atoms with Crippen molar-refractivity contribution < 1.29 is 4.74 Å². The van der Waals surface area contributed by atoms with Crippen molar-refractivity contribution in [3.8, 4) is 0 Å². The highest BCUT2D eigenvalue weighted by atomic mass is 16.5. The molecule has 2 saturated heterocycles. The molecule has 0 amide bonds. The van der Waals surface area contributed by atoms with Crippen LogP contribution in [-0.2, 0) is 11.3 Å². The zero-order valence-corrected chi connectivity index (χ0v) is 19.8. The summed E-state index contributed by atoms with van der Waals surface area (Å²) in [4.78, 5) is 12.0. The highest BCUT2D eigenvalue weighted by molar-refractivity contribution is 5.79. The van der Waals surface area contributed by atoms with Crippen molar-refractivity contribution in [2.45, 2.75) is 32.4 Å². The summed E-state index contributed by atoms with van der Waals surface area (Å²) in [7, 11) is 1.85. The van der Waals surface area contributed by atoms with Crippen molar-refractivity contribution in [1.29, 1.82) is 0 Å². The lowest BCUT2D eigenvalue weighted by Crippen LogP contribution is -2.56. The number of rotatable bonds is 9. The van der Waals surface area contributed by atoms with Crippen molar-refractivity contribution in [1.82, 2.24) is 25.3 Å². The maximum absolute atomic E-state index is 5.48. The SMILES string of the molecule is CN=C(NCCCN1CCN(Cc2ccccc2)CC1)NCC(C)(C)N1CCOCC1. The van der Waals surface area contributed by atoms with Gasteiger partial charge in [0.2, 0.25) is 0 Å². The molecule has 0 aliphatic carbocycles. The first-order chi connectivity index (χ1) is 15.1. The Bertz CT molecular complexity index is 651. The molecule has 1 aromatic rings. The molecule has 0 saturated carbocycles. The lowest BCUT2D eigenvalue weighted by atomic mass is 10.0. The van der Waals surface area contributed by atoms with Gasteiger partial charge in [-0.25, -0.2) is 0 Å². The summed E-state index contributed by atoms with van der Waals surface area (Å²) in [5, 5.41) is 7.00. The van der Waals surface area contributed by atoms with Gasteiger partial charge in [0, 0.05) is 71.5 Å². The van der Waals surface area contributed by atoms with Gasteiger partial charge in [-0.1, -0.05) is 30.3 Å². The van der Waals surface area contributed by atoms with Crippen molar-refractivity contribution in [3.63, 3.8) is 0 Å². The lowest BCUT2D eigenvalue weighted by Gasteiger charge is -2.41. The third kappa shape index (κ3) is 8.07. The van der Waals surface area contributed by atoms with Crippen molar-refractivity contribution in [2.24, 2.45) is 4.99 Å². The quantitative estimate of drug-likeness (QED) is 0.352. The van der Waals surface area contributed by atoms with E-state index in [1.54, 1.807) is 0 Å². The highest BCUT2D eigenvalue weighted by Gasteiger charge is 2.28. The molecule has 0 bridgehead atoms. The average molecular weight is 431 g/mol. The Balaban J connectivity index is 1.27. The molecule has 174 valence electrons. The standard InChI is InChI=1S/C24H42N6O/c1-24(2,30-16-18-31-19-17-30)21-27-23(25-3)26-10-7-11-28-12-14-29(15-13-28)20-22-8-5-4-6-9-22/h4-6,8-9H,7,10-21H2,1-3H3,(H2,25,26,27). The number of benzene rings is 1. The third-order valence-electron chi connectivity index (χ3n) is 6.44. The van der Waals surface area contributed by atoms with E-state index in [1.165, 1.54) is 5.56 Å². The van der Waals surface area contributed by atoms with E-state index in [-0.39, 0.29) is 5.54 Å². The molecule has 7 nitrogen and oxygen atoms in total. The Morgan fingerprint density at radius 2 is 1.65 bits per heavy atom. The number of hydrogen-bond acceptors (Lipinski definition) is 5. The van der Waals surface area contributed by atoms with Gasteiger partial charge < -0.3 is 20.3 Å². The van der Waals surface area contributed by atoms with E-state index >= 15 is 0 Å². The molecule has 0 unspecified atom stereocenters. The summed E-state index contributed by atoms with van der Waals surface area (Å²) in [5.41, 5.74) is 1.50. The second kappa shape index (κ2) is 12.4. The molecule has 31 heavy (non-hydrogen) atoms. The van der Waals surface area contributed by atoms with Gasteiger partial charge in [-0.05, 0) is 32.4 Å². The second-order valence-electron chi connectivity index (χ2n) is 9.22. The predicted molar refractivity (Wildman–Crippen MR) is 129 cm³/mol. The molecule has 2 aliphatic rings. The molecule has 0 aromatic heterocycles. The van der Waals surface area contributed by atoms with Crippen LogP contribution in [0.1, 0.15) is 25.8 Å². The smallest absolute Gasteiger partial charge is 0.191 e. The molecule has 0 atom stereocenters. The summed E-state index contributed by atoms with van der Waals surface area (Å²) < 4.78 is 5.48. The Morgan fingerprint density at radius 1 is 0.968 bits per heavy atom. The van der Waals surface area contributed by atoms with Crippen LogP contribution in [0.5, 0.6) is 0 Å². The normalized spacial score (nSPS) is 20.0. The van der Waals surface area contributed by atoms with Gasteiger partial charge in [0.05, 0.1) is 13.2 Å².